The van der Waals surface area contributed by atoms with Crippen LogP contribution < -0.4 is 15.1 Å². The van der Waals surface area contributed by atoms with E-state index in [0.717, 1.165) is 53.2 Å². The van der Waals surface area contributed by atoms with Gasteiger partial charge in [0.15, 0.2) is 0 Å². The van der Waals surface area contributed by atoms with Crippen molar-refractivity contribution in [3.8, 4) is 0 Å². The minimum Gasteiger partial charge on any atom is -0.378 e. The van der Waals surface area contributed by atoms with Crippen LogP contribution in [0.5, 0.6) is 0 Å². The van der Waals surface area contributed by atoms with Gasteiger partial charge in [0.05, 0.1) is 44.3 Å². The summed E-state index contributed by atoms with van der Waals surface area (Å²) in [6.45, 7) is 5.44. The number of morpholine rings is 2. The van der Waals surface area contributed by atoms with Crippen molar-refractivity contribution in [1.29, 1.82) is 0 Å². The number of carbonyl (C=O) groups excluding carboxylic acids is 1. The first-order valence-electron chi connectivity index (χ1n) is 10.5. The Morgan fingerprint density at radius 1 is 1.06 bits per heavy atom. The van der Waals surface area contributed by atoms with E-state index in [-0.39, 0.29) is 16.7 Å². The molecule has 1 amide bonds. The van der Waals surface area contributed by atoms with Crippen LogP contribution in [0.15, 0.2) is 39.9 Å². The summed E-state index contributed by atoms with van der Waals surface area (Å²) in [7, 11) is -2.27. The van der Waals surface area contributed by atoms with Gasteiger partial charge in [-0.05, 0) is 29.6 Å². The monoisotopic (exact) mass is 480 g/mol. The lowest BCUT2D eigenvalue weighted by atomic mass is 10.1. The summed E-state index contributed by atoms with van der Waals surface area (Å²) in [5.74, 6) is -0.388. The Morgan fingerprint density at radius 3 is 2.34 bits per heavy atom. The molecule has 0 atom stereocenters. The Hall–Kier alpha value is -2.18. The fourth-order valence-electron chi connectivity index (χ4n) is 3.75. The molecule has 0 spiro atoms. The zero-order valence-corrected chi connectivity index (χ0v) is 19.7. The van der Waals surface area contributed by atoms with Crippen LogP contribution in [-0.4, -0.2) is 84.8 Å². The quantitative estimate of drug-likeness (QED) is 0.645. The molecule has 0 radical (unpaired) electrons. The van der Waals surface area contributed by atoms with Gasteiger partial charge in [-0.2, -0.15) is 4.31 Å². The molecule has 32 heavy (non-hydrogen) atoms. The van der Waals surface area contributed by atoms with E-state index in [9.17, 15) is 13.2 Å². The molecule has 2 aliphatic rings. The third kappa shape index (κ3) is 5.24. The predicted octanol–water partition coefficient (Wildman–Crippen LogP) is 1.68. The molecule has 2 fully saturated rings. The predicted molar refractivity (Wildman–Crippen MR) is 125 cm³/mol. The lowest BCUT2D eigenvalue weighted by Gasteiger charge is -2.33. The van der Waals surface area contributed by atoms with Gasteiger partial charge in [-0.25, -0.2) is 8.42 Å². The maximum atomic E-state index is 12.8. The van der Waals surface area contributed by atoms with Crippen molar-refractivity contribution in [3.05, 3.63) is 35.7 Å². The summed E-state index contributed by atoms with van der Waals surface area (Å²) >= 11 is 1.13. The number of amides is 1. The van der Waals surface area contributed by atoms with Gasteiger partial charge >= 0.3 is 0 Å². The highest BCUT2D eigenvalue weighted by molar-refractivity contribution is 7.91. The van der Waals surface area contributed by atoms with Gasteiger partial charge in [0.1, 0.15) is 4.21 Å². The number of likely N-dealkylation sites (N-methyl/N-ethyl adjacent to an activating group) is 1. The zero-order chi connectivity index (χ0) is 22.6. The number of nitrogens with zero attached hydrogens (tertiary/aromatic N) is 3. The largest absolute Gasteiger partial charge is 0.378 e. The number of rotatable bonds is 7. The fraction of sp³-hybridized carbons (Fsp3) is 0.476. The summed E-state index contributed by atoms with van der Waals surface area (Å²) in [6.07, 6.45) is 0. The molecule has 0 aliphatic carbocycles. The Balaban J connectivity index is 1.51. The Morgan fingerprint density at radius 2 is 1.72 bits per heavy atom. The van der Waals surface area contributed by atoms with Gasteiger partial charge < -0.3 is 24.6 Å². The van der Waals surface area contributed by atoms with E-state index in [4.69, 9.17) is 9.47 Å². The average molecular weight is 481 g/mol. The second kappa shape index (κ2) is 10.2. The molecule has 174 valence electrons. The molecule has 2 aromatic rings. The molecular weight excluding hydrogens is 452 g/mol. The van der Waals surface area contributed by atoms with Crippen molar-refractivity contribution in [3.63, 3.8) is 0 Å². The molecule has 0 saturated carbocycles. The van der Waals surface area contributed by atoms with Gasteiger partial charge in [0, 0.05) is 38.9 Å². The number of hydrogen-bond acceptors (Lipinski definition) is 8. The number of ether oxygens (including phenoxy) is 2. The van der Waals surface area contributed by atoms with E-state index in [1.807, 2.05) is 12.1 Å². The maximum Gasteiger partial charge on any atom is 0.252 e. The lowest BCUT2D eigenvalue weighted by molar-refractivity contribution is -0.116. The summed E-state index contributed by atoms with van der Waals surface area (Å²) in [6, 6.07) is 9.17. The van der Waals surface area contributed by atoms with Crippen LogP contribution in [0.2, 0.25) is 0 Å². The van der Waals surface area contributed by atoms with Crippen molar-refractivity contribution in [1.82, 2.24) is 4.31 Å². The molecule has 0 bridgehead atoms. The van der Waals surface area contributed by atoms with E-state index in [2.05, 4.69) is 21.2 Å². The summed E-state index contributed by atoms with van der Waals surface area (Å²) in [5.41, 5.74) is 2.65. The van der Waals surface area contributed by atoms with Gasteiger partial charge in [-0.15, -0.1) is 11.3 Å². The topological polar surface area (TPSA) is 91.4 Å². The van der Waals surface area contributed by atoms with Crippen LogP contribution >= 0.6 is 11.3 Å². The number of benzene rings is 1. The minimum atomic E-state index is -3.69. The van der Waals surface area contributed by atoms with Crippen molar-refractivity contribution >= 4 is 44.3 Å². The molecule has 11 heteroatoms. The van der Waals surface area contributed by atoms with Crippen molar-refractivity contribution in [2.75, 3.05) is 81.3 Å². The maximum absolute atomic E-state index is 12.8. The second-order valence-corrected chi connectivity index (χ2v) is 10.9. The number of carbonyl (C=O) groups is 1. The fourth-order valence-corrected chi connectivity index (χ4v) is 6.08. The molecule has 9 nitrogen and oxygen atoms in total. The third-order valence-electron chi connectivity index (χ3n) is 5.51. The molecule has 0 unspecified atom stereocenters. The molecule has 1 aromatic carbocycles. The van der Waals surface area contributed by atoms with Gasteiger partial charge in [0.2, 0.25) is 5.91 Å². The van der Waals surface area contributed by atoms with Crippen LogP contribution in [0.4, 0.5) is 17.1 Å². The first-order chi connectivity index (χ1) is 15.4. The standard InChI is InChI=1S/C21H28N4O5S2/c1-23(32(27,28)21-3-2-14-31-21)16-20(26)22-18-5-4-17(24-6-10-29-11-7-24)15-19(18)25-8-12-30-13-9-25/h2-5,14-15H,6-13,16H2,1H3,(H,22,26). The first-order valence-corrected chi connectivity index (χ1v) is 12.9. The first kappa shape index (κ1) is 23.0. The van der Waals surface area contributed by atoms with Gasteiger partial charge in [-0.1, -0.05) is 6.07 Å². The van der Waals surface area contributed by atoms with E-state index in [1.54, 1.807) is 11.4 Å². The van der Waals surface area contributed by atoms with Crippen LogP contribution in [0, 0.1) is 0 Å². The molecule has 2 saturated heterocycles. The number of hydrogen-bond donors (Lipinski definition) is 1. The molecule has 1 aromatic heterocycles. The van der Waals surface area contributed by atoms with Crippen molar-refractivity contribution < 1.29 is 22.7 Å². The van der Waals surface area contributed by atoms with Gasteiger partial charge in [-0.3, -0.25) is 4.79 Å². The highest BCUT2D eigenvalue weighted by atomic mass is 32.2. The normalized spacial score (nSPS) is 17.6. The van der Waals surface area contributed by atoms with E-state index in [0.29, 0.717) is 32.1 Å². The summed E-state index contributed by atoms with van der Waals surface area (Å²) < 4.78 is 37.5. The van der Waals surface area contributed by atoms with Crippen LogP contribution in [0.25, 0.3) is 0 Å². The van der Waals surface area contributed by atoms with Crippen molar-refractivity contribution in [2.45, 2.75) is 4.21 Å². The van der Waals surface area contributed by atoms with Crippen LogP contribution in [0.1, 0.15) is 0 Å². The number of sulfonamides is 1. The summed E-state index contributed by atoms with van der Waals surface area (Å²) in [4.78, 5) is 17.2. The Labute approximate surface area is 192 Å². The molecular formula is C21H28N4O5S2. The highest BCUT2D eigenvalue weighted by Gasteiger charge is 2.25. The molecule has 3 heterocycles. The number of anilines is 3. The molecule has 1 N–H and O–H groups in total. The number of nitrogens with one attached hydrogen (secondary N) is 1. The zero-order valence-electron chi connectivity index (χ0n) is 18.0. The SMILES string of the molecule is CN(CC(=O)Nc1ccc(N2CCOCC2)cc1N1CCOCC1)S(=O)(=O)c1cccs1. The minimum absolute atomic E-state index is 0.219. The highest BCUT2D eigenvalue weighted by Crippen LogP contribution is 2.32. The van der Waals surface area contributed by atoms with E-state index < -0.39 is 10.0 Å². The van der Waals surface area contributed by atoms with Crippen LogP contribution in [-0.2, 0) is 24.3 Å². The second-order valence-electron chi connectivity index (χ2n) is 7.64. The van der Waals surface area contributed by atoms with Gasteiger partial charge in [0.25, 0.3) is 10.0 Å². The lowest BCUT2D eigenvalue weighted by Crippen LogP contribution is -2.39. The number of thiophene rings is 1. The smallest absolute Gasteiger partial charge is 0.252 e. The van der Waals surface area contributed by atoms with E-state index >= 15 is 0 Å². The van der Waals surface area contributed by atoms with E-state index in [1.165, 1.54) is 13.1 Å². The Kier molecular flexibility index (Phi) is 7.31. The average Bonchev–Trinajstić information content (AvgIpc) is 3.36. The third-order valence-corrected chi connectivity index (χ3v) is 8.69. The van der Waals surface area contributed by atoms with Crippen LogP contribution in [0.3, 0.4) is 0 Å². The summed E-state index contributed by atoms with van der Waals surface area (Å²) in [5, 5.41) is 4.62. The molecule has 2 aliphatic heterocycles. The molecule has 4 rings (SSSR count). The Bertz CT molecular complexity index is 1020. The van der Waals surface area contributed by atoms with Crippen molar-refractivity contribution in [2.24, 2.45) is 0 Å².